The van der Waals surface area contributed by atoms with Gasteiger partial charge in [-0.25, -0.2) is 10.5 Å². The topological polar surface area (TPSA) is 124 Å². The van der Waals surface area contributed by atoms with E-state index in [-0.39, 0.29) is 79.2 Å². The van der Waals surface area contributed by atoms with Gasteiger partial charge in [-0.15, -0.1) is 49.5 Å². The van der Waals surface area contributed by atoms with Crippen molar-refractivity contribution in [2.45, 2.75) is 99.3 Å². The van der Waals surface area contributed by atoms with Crippen LogP contribution < -0.4 is 0 Å². The predicted molar refractivity (Wildman–Crippen MR) is 184 cm³/mol. The molecule has 0 aliphatic carbocycles. The van der Waals surface area contributed by atoms with Gasteiger partial charge < -0.3 is 19.7 Å². The van der Waals surface area contributed by atoms with Crippen molar-refractivity contribution in [1.29, 1.82) is 0 Å². The second-order valence-electron chi connectivity index (χ2n) is 5.73. The van der Waals surface area contributed by atoms with E-state index in [4.69, 9.17) is 30.2 Å². The van der Waals surface area contributed by atoms with Crippen LogP contribution in [0.1, 0.15) is 87.1 Å². The quantitative estimate of drug-likeness (QED) is 0.0635. The molecule has 4 N–H and O–H groups in total. The van der Waals surface area contributed by atoms with E-state index in [1.165, 1.54) is 0 Å². The first-order valence-corrected chi connectivity index (χ1v) is 10.1. The van der Waals surface area contributed by atoms with Gasteiger partial charge in [-0.05, 0) is 32.9 Å². The van der Waals surface area contributed by atoms with Crippen LogP contribution in [0.3, 0.4) is 0 Å². The molecule has 0 radical (unpaired) electrons. The van der Waals surface area contributed by atoms with Gasteiger partial charge in [-0.1, -0.05) is 71.6 Å². The first kappa shape index (κ1) is 83.3. The third-order valence-corrected chi connectivity index (χ3v) is 2.60. The van der Waals surface area contributed by atoms with Gasteiger partial charge in [0.05, 0.1) is 45.2 Å². The molecule has 40 heavy (non-hydrogen) atoms. The smallest absolute Gasteiger partial charge is 0.0745 e. The normalized spacial score (nSPS) is 8.95. The van der Waals surface area contributed by atoms with Gasteiger partial charge in [-0.2, -0.15) is 0 Å². The highest BCUT2D eigenvalue weighted by Crippen LogP contribution is 1.95. The van der Waals surface area contributed by atoms with Crippen molar-refractivity contribution in [2.24, 2.45) is 0 Å². The number of ether oxygens (including phenoxy) is 2. The Bertz CT molecular complexity index is 324. The molecule has 0 aliphatic rings. The molecule has 2 unspecified atom stereocenters. The van der Waals surface area contributed by atoms with Crippen molar-refractivity contribution in [1.82, 2.24) is 10.1 Å². The van der Waals surface area contributed by atoms with Crippen molar-refractivity contribution in [3.63, 3.8) is 0 Å². The monoisotopic (exact) mass is 597 g/mol. The molecule has 2 atom stereocenters. The summed E-state index contributed by atoms with van der Waals surface area (Å²) in [5.74, 6) is 0. The van der Waals surface area contributed by atoms with E-state index < -0.39 is 12.2 Å². The lowest BCUT2D eigenvalue weighted by Gasteiger charge is -2.23. The second-order valence-corrected chi connectivity index (χ2v) is 5.73. The Kier molecular flexibility index (Phi) is 173. The predicted octanol–water partition coefficient (Wildman–Crippen LogP) is 8.27. The summed E-state index contributed by atoms with van der Waals surface area (Å²) in [7, 11) is 0. The number of nitrogens with zero attached hydrogens (tertiary/aromatic N) is 2. The molecule has 10 heteroatoms. The van der Waals surface area contributed by atoms with Gasteiger partial charge in [-0.3, -0.25) is 4.90 Å². The van der Waals surface area contributed by atoms with Gasteiger partial charge in [0.1, 0.15) is 0 Å². The van der Waals surface area contributed by atoms with Crippen molar-refractivity contribution < 1.29 is 40.2 Å². The summed E-state index contributed by atoms with van der Waals surface area (Å²) in [6.07, 6.45) is 2.45. The van der Waals surface area contributed by atoms with E-state index in [1.807, 2.05) is 18.7 Å². The van der Waals surface area contributed by atoms with E-state index in [0.29, 0.717) is 38.1 Å². The molecule has 0 aromatic rings. The van der Waals surface area contributed by atoms with Gasteiger partial charge in [0, 0.05) is 19.6 Å². The maximum Gasteiger partial charge on any atom is 0.0745 e. The Morgan fingerprint density at radius 2 is 0.850 bits per heavy atom. The zero-order valence-corrected chi connectivity index (χ0v) is 20.5. The summed E-state index contributed by atoms with van der Waals surface area (Å²) >= 11 is 0. The first-order valence-electron chi connectivity index (χ1n) is 10.1. The standard InChI is InChI=1S/C12H28N2O8.2C3H6.2C2H4.8CH4/c1-11(15)9-19-7-5-13(3-4-14(21-17)22-18)6-8-20-10-12(2)16;2*1-3-2;2*1-2;;;;;;;;/h11-12,15-18H,3-10H2,1-2H3;2*3H,1H2,2H3;2*1-2H2;8*1H4. The fourth-order valence-electron chi connectivity index (χ4n) is 1.55. The SMILES string of the molecule is C.C.C.C.C.C.C.C.C=C.C=C.C=CC.C=CC.CC(O)COCCN(CCOCC(C)O)CCN(OO)OO. The lowest BCUT2D eigenvalue weighted by Crippen LogP contribution is -2.38. The number of hydrogen-bond donors (Lipinski definition) is 4. The van der Waals surface area contributed by atoms with Crippen LogP contribution in [0.5, 0.6) is 0 Å². The summed E-state index contributed by atoms with van der Waals surface area (Å²) in [6.45, 7) is 28.7. The summed E-state index contributed by atoms with van der Waals surface area (Å²) in [5.41, 5.74) is 0. The summed E-state index contributed by atoms with van der Waals surface area (Å²) in [6, 6.07) is 0. The molecular formula is C30H80N2O8. The van der Waals surface area contributed by atoms with Gasteiger partial charge in [0.2, 0.25) is 0 Å². The summed E-state index contributed by atoms with van der Waals surface area (Å²) in [5, 5.41) is 35.5. The molecule has 0 amide bonds. The van der Waals surface area contributed by atoms with Crippen LogP contribution in [-0.2, 0) is 19.5 Å². The fraction of sp³-hybridized carbons (Fsp3) is 0.733. The molecule has 0 saturated heterocycles. The first-order chi connectivity index (χ1) is 15.3. The number of allylic oxidation sites excluding steroid dienone is 2. The third kappa shape index (κ3) is 99.5. The molecule has 0 aliphatic heterocycles. The Labute approximate surface area is 254 Å². The molecule has 258 valence electrons. The van der Waals surface area contributed by atoms with Crippen LogP contribution in [0.15, 0.2) is 51.6 Å². The van der Waals surface area contributed by atoms with Crippen LogP contribution in [0.2, 0.25) is 0 Å². The molecule has 0 spiro atoms. The van der Waals surface area contributed by atoms with E-state index in [1.54, 1.807) is 26.0 Å². The number of hydroxylamine groups is 2. The van der Waals surface area contributed by atoms with Crippen LogP contribution in [0, 0.1) is 0 Å². The third-order valence-electron chi connectivity index (χ3n) is 2.60. The number of hydrogen-bond acceptors (Lipinski definition) is 10. The van der Waals surface area contributed by atoms with E-state index in [0.717, 1.165) is 0 Å². The maximum absolute atomic E-state index is 9.11. The maximum atomic E-state index is 9.11. The lowest BCUT2D eigenvalue weighted by atomic mass is 10.4. The Balaban J connectivity index is -0.0000000326. The molecule has 0 saturated carbocycles. The molecular weight excluding hydrogens is 516 g/mol. The van der Waals surface area contributed by atoms with E-state index in [2.05, 4.69) is 49.5 Å². The summed E-state index contributed by atoms with van der Waals surface area (Å²) < 4.78 is 10.6. The van der Waals surface area contributed by atoms with Crippen molar-refractivity contribution in [3.8, 4) is 0 Å². The van der Waals surface area contributed by atoms with Crippen LogP contribution >= 0.6 is 0 Å². The fourth-order valence-corrected chi connectivity index (χ4v) is 1.55. The van der Waals surface area contributed by atoms with Crippen molar-refractivity contribution in [3.05, 3.63) is 51.6 Å². The zero-order chi connectivity index (χ0) is 26.2. The van der Waals surface area contributed by atoms with Crippen LogP contribution in [-0.4, -0.2) is 95.7 Å². The highest BCUT2D eigenvalue weighted by atomic mass is 17.4. The molecule has 0 aromatic heterocycles. The molecule has 10 nitrogen and oxygen atoms in total. The van der Waals surface area contributed by atoms with Gasteiger partial charge >= 0.3 is 0 Å². The lowest BCUT2D eigenvalue weighted by molar-refractivity contribution is -0.583. The number of rotatable bonds is 15. The molecule has 0 heterocycles. The summed E-state index contributed by atoms with van der Waals surface area (Å²) in [4.78, 5) is 9.47. The molecule has 0 aromatic carbocycles. The van der Waals surface area contributed by atoms with Gasteiger partial charge in [0.25, 0.3) is 0 Å². The highest BCUT2D eigenvalue weighted by molar-refractivity contribution is 4.58. The molecule has 0 bridgehead atoms. The number of aliphatic hydroxyl groups is 2. The Hall–Kier alpha value is -1.44. The highest BCUT2D eigenvalue weighted by Gasteiger charge is 2.11. The van der Waals surface area contributed by atoms with E-state index >= 15 is 0 Å². The minimum atomic E-state index is -0.524. The van der Waals surface area contributed by atoms with Crippen LogP contribution in [0.4, 0.5) is 0 Å². The van der Waals surface area contributed by atoms with E-state index in [9.17, 15) is 0 Å². The number of aliphatic hydroxyl groups excluding tert-OH is 2. The van der Waals surface area contributed by atoms with Crippen molar-refractivity contribution >= 4 is 0 Å². The zero-order valence-electron chi connectivity index (χ0n) is 20.5. The average Bonchev–Trinajstić information content (AvgIpc) is 2.77. The molecule has 0 rings (SSSR count). The average molecular weight is 597 g/mol. The minimum Gasteiger partial charge on any atom is -0.391 e. The van der Waals surface area contributed by atoms with Gasteiger partial charge in [0.15, 0.2) is 0 Å². The molecule has 0 fully saturated rings. The second kappa shape index (κ2) is 83.2. The largest absolute Gasteiger partial charge is 0.391 e. The van der Waals surface area contributed by atoms with Crippen molar-refractivity contribution in [2.75, 3.05) is 52.6 Å². The van der Waals surface area contributed by atoms with Crippen LogP contribution in [0.25, 0.3) is 0 Å². The Morgan fingerprint density at radius 3 is 1.05 bits per heavy atom. The Morgan fingerprint density at radius 1 is 0.600 bits per heavy atom. The minimum absolute atomic E-state index is 0.